The molecule has 7 heteroatoms. The Balaban J connectivity index is 1.94. The van der Waals surface area contributed by atoms with E-state index >= 15 is 0 Å². The van der Waals surface area contributed by atoms with Crippen molar-refractivity contribution in [3.63, 3.8) is 0 Å². The van der Waals surface area contributed by atoms with Gasteiger partial charge in [-0.2, -0.15) is 9.40 Å². The van der Waals surface area contributed by atoms with Gasteiger partial charge >= 0.3 is 0 Å². The maximum Gasteiger partial charge on any atom is 0.260 e. The summed E-state index contributed by atoms with van der Waals surface area (Å²) in [6.45, 7) is 8.57. The number of rotatable bonds is 4. The van der Waals surface area contributed by atoms with Gasteiger partial charge in [0.15, 0.2) is 5.03 Å². The molecule has 0 spiro atoms. The SMILES string of the molecule is Cn1nccc1S(=O)(=O)N1CCC(CNC(C)(C)C)CC1. The average molecular weight is 314 g/mol. The van der Waals surface area contributed by atoms with E-state index in [2.05, 4.69) is 31.2 Å². The van der Waals surface area contributed by atoms with E-state index in [0.29, 0.717) is 19.0 Å². The molecule has 1 fully saturated rings. The number of aromatic nitrogens is 2. The highest BCUT2D eigenvalue weighted by molar-refractivity contribution is 7.89. The molecule has 1 aliphatic rings. The third-order valence-corrected chi connectivity index (χ3v) is 5.85. The molecule has 1 saturated heterocycles. The van der Waals surface area contributed by atoms with E-state index in [-0.39, 0.29) is 10.6 Å². The molecule has 0 bridgehead atoms. The molecular formula is C14H26N4O2S. The summed E-state index contributed by atoms with van der Waals surface area (Å²) in [5, 5.41) is 7.72. The lowest BCUT2D eigenvalue weighted by molar-refractivity contribution is 0.251. The van der Waals surface area contributed by atoms with Gasteiger partial charge in [0.05, 0.1) is 6.20 Å². The summed E-state index contributed by atoms with van der Waals surface area (Å²) in [6.07, 6.45) is 3.33. The van der Waals surface area contributed by atoms with Gasteiger partial charge in [0, 0.05) is 25.7 Å². The van der Waals surface area contributed by atoms with Crippen molar-refractivity contribution >= 4 is 10.0 Å². The number of nitrogens with one attached hydrogen (secondary N) is 1. The number of sulfonamides is 1. The zero-order valence-electron chi connectivity index (χ0n) is 13.3. The van der Waals surface area contributed by atoms with Gasteiger partial charge in [-0.3, -0.25) is 4.68 Å². The molecule has 0 saturated carbocycles. The van der Waals surface area contributed by atoms with Gasteiger partial charge < -0.3 is 5.32 Å². The van der Waals surface area contributed by atoms with Crippen LogP contribution in [0.25, 0.3) is 0 Å². The summed E-state index contributed by atoms with van der Waals surface area (Å²) in [5.74, 6) is 0.544. The van der Waals surface area contributed by atoms with Crippen LogP contribution in [0.2, 0.25) is 0 Å². The lowest BCUT2D eigenvalue weighted by Gasteiger charge is -2.33. The molecule has 0 aromatic carbocycles. The Bertz CT molecular complexity index is 566. The fraction of sp³-hybridized carbons (Fsp3) is 0.786. The van der Waals surface area contributed by atoms with Crippen molar-refractivity contribution in [1.29, 1.82) is 0 Å². The van der Waals surface area contributed by atoms with Gasteiger partial charge in [0.1, 0.15) is 0 Å². The molecule has 21 heavy (non-hydrogen) atoms. The number of hydrogen-bond donors (Lipinski definition) is 1. The summed E-state index contributed by atoms with van der Waals surface area (Å²) in [6, 6.07) is 1.56. The fourth-order valence-corrected chi connectivity index (χ4v) is 4.12. The Labute approximate surface area is 127 Å². The first-order valence-electron chi connectivity index (χ1n) is 7.43. The van der Waals surface area contributed by atoms with E-state index < -0.39 is 10.0 Å². The molecule has 1 aliphatic heterocycles. The van der Waals surface area contributed by atoms with Crippen LogP contribution in [0.5, 0.6) is 0 Å². The van der Waals surface area contributed by atoms with Gasteiger partial charge in [0.25, 0.3) is 10.0 Å². The van der Waals surface area contributed by atoms with Crippen molar-refractivity contribution in [2.75, 3.05) is 19.6 Å². The summed E-state index contributed by atoms with van der Waals surface area (Å²) < 4.78 is 28.1. The highest BCUT2D eigenvalue weighted by atomic mass is 32.2. The molecule has 120 valence electrons. The molecule has 6 nitrogen and oxygen atoms in total. The van der Waals surface area contributed by atoms with Gasteiger partial charge in [-0.15, -0.1) is 0 Å². The molecule has 0 amide bonds. The molecule has 2 rings (SSSR count). The third-order valence-electron chi connectivity index (χ3n) is 3.87. The van der Waals surface area contributed by atoms with Gasteiger partial charge in [-0.25, -0.2) is 8.42 Å². The predicted molar refractivity (Wildman–Crippen MR) is 82.4 cm³/mol. The highest BCUT2D eigenvalue weighted by Gasteiger charge is 2.31. The number of piperidine rings is 1. The topological polar surface area (TPSA) is 67.2 Å². The van der Waals surface area contributed by atoms with Crippen LogP contribution >= 0.6 is 0 Å². The minimum Gasteiger partial charge on any atom is -0.312 e. The lowest BCUT2D eigenvalue weighted by Crippen LogP contribution is -2.44. The van der Waals surface area contributed by atoms with E-state index in [9.17, 15) is 8.42 Å². The first-order chi connectivity index (χ1) is 9.70. The van der Waals surface area contributed by atoms with Crippen LogP contribution in [0.1, 0.15) is 33.6 Å². The number of hydrogen-bond acceptors (Lipinski definition) is 4. The second-order valence-corrected chi connectivity index (χ2v) is 8.66. The van der Waals surface area contributed by atoms with Gasteiger partial charge in [-0.1, -0.05) is 0 Å². The molecule has 0 unspecified atom stereocenters. The summed E-state index contributed by atoms with van der Waals surface area (Å²) >= 11 is 0. The monoisotopic (exact) mass is 314 g/mol. The minimum absolute atomic E-state index is 0.109. The lowest BCUT2D eigenvalue weighted by atomic mass is 9.97. The Morgan fingerprint density at radius 1 is 1.33 bits per heavy atom. The zero-order valence-corrected chi connectivity index (χ0v) is 14.2. The Morgan fingerprint density at radius 3 is 2.43 bits per heavy atom. The van der Waals surface area contributed by atoms with Crippen LogP contribution in [0.15, 0.2) is 17.3 Å². The Hall–Kier alpha value is -0.920. The van der Waals surface area contributed by atoms with E-state index in [4.69, 9.17) is 0 Å². The van der Waals surface area contributed by atoms with E-state index in [0.717, 1.165) is 19.4 Å². The van der Waals surface area contributed by atoms with Crippen LogP contribution < -0.4 is 5.32 Å². The molecular weight excluding hydrogens is 288 g/mol. The normalized spacial score (nSPS) is 19.0. The zero-order chi connectivity index (χ0) is 15.7. The van der Waals surface area contributed by atoms with Gasteiger partial charge in [-0.05, 0) is 52.1 Å². The molecule has 1 aromatic rings. The first kappa shape index (κ1) is 16.5. The molecule has 0 aliphatic carbocycles. The maximum atomic E-state index is 12.5. The van der Waals surface area contributed by atoms with Crippen LogP contribution in [0.3, 0.4) is 0 Å². The Morgan fingerprint density at radius 2 is 1.95 bits per heavy atom. The fourth-order valence-electron chi connectivity index (χ4n) is 2.55. The molecule has 0 radical (unpaired) electrons. The van der Waals surface area contributed by atoms with Crippen molar-refractivity contribution in [3.8, 4) is 0 Å². The summed E-state index contributed by atoms with van der Waals surface area (Å²) in [7, 11) is -1.74. The second kappa shape index (κ2) is 6.06. The van der Waals surface area contributed by atoms with Crippen LogP contribution in [-0.2, 0) is 17.1 Å². The van der Waals surface area contributed by atoms with Crippen LogP contribution in [-0.4, -0.2) is 47.7 Å². The van der Waals surface area contributed by atoms with Crippen molar-refractivity contribution in [3.05, 3.63) is 12.3 Å². The number of aryl methyl sites for hydroxylation is 1. The molecule has 1 aromatic heterocycles. The van der Waals surface area contributed by atoms with E-state index in [1.54, 1.807) is 17.4 Å². The standard InChI is InChI=1S/C14H26N4O2S/c1-14(2,3)15-11-12-6-9-18(10-7-12)21(19,20)13-5-8-16-17(13)4/h5,8,12,15H,6-7,9-11H2,1-4H3. The van der Waals surface area contributed by atoms with Crippen molar-refractivity contribution in [2.45, 2.75) is 44.2 Å². The van der Waals surface area contributed by atoms with Crippen molar-refractivity contribution in [1.82, 2.24) is 19.4 Å². The first-order valence-corrected chi connectivity index (χ1v) is 8.87. The average Bonchev–Trinajstić information content (AvgIpc) is 2.83. The number of nitrogens with zero attached hydrogens (tertiary/aromatic N) is 3. The molecule has 0 atom stereocenters. The molecule has 1 N–H and O–H groups in total. The van der Waals surface area contributed by atoms with Gasteiger partial charge in [0.2, 0.25) is 0 Å². The van der Waals surface area contributed by atoms with Crippen LogP contribution in [0.4, 0.5) is 0 Å². The van der Waals surface area contributed by atoms with Crippen LogP contribution in [0, 0.1) is 5.92 Å². The van der Waals surface area contributed by atoms with E-state index in [1.807, 2.05) is 0 Å². The maximum absolute atomic E-state index is 12.5. The summed E-state index contributed by atoms with van der Waals surface area (Å²) in [5.41, 5.74) is 0.109. The smallest absolute Gasteiger partial charge is 0.260 e. The minimum atomic E-state index is -3.40. The largest absolute Gasteiger partial charge is 0.312 e. The summed E-state index contributed by atoms with van der Waals surface area (Å²) in [4.78, 5) is 0. The second-order valence-electron chi connectivity index (χ2n) is 6.77. The third kappa shape index (κ3) is 4.05. The quantitative estimate of drug-likeness (QED) is 0.907. The van der Waals surface area contributed by atoms with E-state index in [1.165, 1.54) is 10.9 Å². The molecule has 2 heterocycles. The Kier molecular flexibility index (Phi) is 4.75. The van der Waals surface area contributed by atoms with Crippen molar-refractivity contribution < 1.29 is 8.42 Å². The highest BCUT2D eigenvalue weighted by Crippen LogP contribution is 2.23. The predicted octanol–water partition coefficient (Wildman–Crippen LogP) is 1.21. The van der Waals surface area contributed by atoms with Crippen molar-refractivity contribution in [2.24, 2.45) is 13.0 Å².